The largest absolute Gasteiger partial charge is 0.337 e. The average molecular weight is 345 g/mol. The molecule has 1 unspecified atom stereocenters. The summed E-state index contributed by atoms with van der Waals surface area (Å²) in [6.45, 7) is 6.25. The third-order valence-corrected chi connectivity index (χ3v) is 4.73. The lowest BCUT2D eigenvalue weighted by Gasteiger charge is -2.27. The lowest BCUT2D eigenvalue weighted by molar-refractivity contribution is 0.0757. The van der Waals surface area contributed by atoms with Crippen LogP contribution >= 0.6 is 0 Å². The van der Waals surface area contributed by atoms with Gasteiger partial charge in [0.15, 0.2) is 0 Å². The van der Waals surface area contributed by atoms with Crippen molar-refractivity contribution in [2.75, 3.05) is 26.2 Å². The summed E-state index contributed by atoms with van der Waals surface area (Å²) in [6, 6.07) is 3.61. The van der Waals surface area contributed by atoms with Gasteiger partial charge in [-0.25, -0.2) is 4.39 Å². The number of aromatic nitrogens is 3. The first-order valence-corrected chi connectivity index (χ1v) is 8.75. The molecule has 0 bridgehead atoms. The second-order valence-electron chi connectivity index (χ2n) is 6.48. The van der Waals surface area contributed by atoms with E-state index in [-0.39, 0.29) is 5.91 Å². The van der Waals surface area contributed by atoms with E-state index in [0.717, 1.165) is 38.7 Å². The number of halogens is 1. The molecule has 0 N–H and O–H groups in total. The minimum absolute atomic E-state index is 0.141. The van der Waals surface area contributed by atoms with Gasteiger partial charge in [-0.15, -0.1) is 0 Å². The zero-order valence-corrected chi connectivity index (χ0v) is 14.5. The third-order valence-electron chi connectivity index (χ3n) is 4.73. The van der Waals surface area contributed by atoms with Gasteiger partial charge in [-0.05, 0) is 31.9 Å². The van der Waals surface area contributed by atoms with Gasteiger partial charge in [0, 0.05) is 57.4 Å². The molecule has 2 aromatic rings. The number of carbonyl (C=O) groups is 1. The first kappa shape index (κ1) is 17.5. The van der Waals surface area contributed by atoms with Crippen LogP contribution in [0.5, 0.6) is 0 Å². The van der Waals surface area contributed by atoms with E-state index in [1.54, 1.807) is 11.1 Å². The van der Waals surface area contributed by atoms with Crippen LogP contribution in [0.3, 0.4) is 0 Å². The van der Waals surface area contributed by atoms with Gasteiger partial charge in [0.25, 0.3) is 5.91 Å². The standard InChI is InChI=1S/C18H24FN5O/c1-15(4-9-24-8-2-5-21-24)22-6-3-7-23(11-10-22)18(25)16-12-17(19)14-20-13-16/h2,5,8,12-15H,3-4,6-7,9-11H2,1H3. The van der Waals surface area contributed by atoms with Crippen LogP contribution in [0.15, 0.2) is 36.9 Å². The fourth-order valence-corrected chi connectivity index (χ4v) is 3.23. The number of pyridine rings is 1. The van der Waals surface area contributed by atoms with Crippen molar-refractivity contribution in [2.45, 2.75) is 32.4 Å². The van der Waals surface area contributed by atoms with Gasteiger partial charge >= 0.3 is 0 Å². The Labute approximate surface area is 147 Å². The minimum Gasteiger partial charge on any atom is -0.337 e. The van der Waals surface area contributed by atoms with Gasteiger partial charge in [-0.2, -0.15) is 5.10 Å². The molecule has 1 saturated heterocycles. The van der Waals surface area contributed by atoms with E-state index in [9.17, 15) is 9.18 Å². The zero-order valence-electron chi connectivity index (χ0n) is 14.5. The number of nitrogens with zero attached hydrogens (tertiary/aromatic N) is 5. The molecule has 1 aliphatic heterocycles. The molecule has 0 spiro atoms. The van der Waals surface area contributed by atoms with Crippen molar-refractivity contribution < 1.29 is 9.18 Å². The quantitative estimate of drug-likeness (QED) is 0.832. The Kier molecular flexibility index (Phi) is 5.75. The molecule has 134 valence electrons. The van der Waals surface area contributed by atoms with E-state index in [0.29, 0.717) is 24.7 Å². The fraction of sp³-hybridized carbons (Fsp3) is 0.500. The summed E-state index contributed by atoms with van der Waals surface area (Å²) in [5.41, 5.74) is 0.320. The maximum atomic E-state index is 13.3. The van der Waals surface area contributed by atoms with Crippen molar-refractivity contribution in [2.24, 2.45) is 0 Å². The predicted octanol–water partition coefficient (Wildman–Crippen LogP) is 2.04. The molecule has 7 heteroatoms. The highest BCUT2D eigenvalue weighted by molar-refractivity contribution is 5.93. The van der Waals surface area contributed by atoms with Gasteiger partial charge in [-0.3, -0.25) is 19.4 Å². The van der Waals surface area contributed by atoms with Crippen LogP contribution in [0.2, 0.25) is 0 Å². The van der Waals surface area contributed by atoms with Crippen LogP contribution in [0.25, 0.3) is 0 Å². The Hall–Kier alpha value is -2.28. The molecule has 1 amide bonds. The van der Waals surface area contributed by atoms with Crippen LogP contribution in [-0.4, -0.2) is 62.7 Å². The molecule has 0 aliphatic carbocycles. The van der Waals surface area contributed by atoms with E-state index in [2.05, 4.69) is 21.9 Å². The third kappa shape index (κ3) is 4.63. The normalized spacial score (nSPS) is 17.3. The highest BCUT2D eigenvalue weighted by Crippen LogP contribution is 2.13. The van der Waals surface area contributed by atoms with Crippen molar-refractivity contribution in [1.29, 1.82) is 0 Å². The van der Waals surface area contributed by atoms with Crippen LogP contribution in [0, 0.1) is 5.82 Å². The Morgan fingerprint density at radius 1 is 1.28 bits per heavy atom. The molecule has 2 aromatic heterocycles. The van der Waals surface area contributed by atoms with Gasteiger partial charge in [0.2, 0.25) is 0 Å². The van der Waals surface area contributed by atoms with Gasteiger partial charge in [-0.1, -0.05) is 0 Å². The smallest absolute Gasteiger partial charge is 0.255 e. The number of carbonyl (C=O) groups excluding carboxylic acids is 1. The number of rotatable bonds is 5. The van der Waals surface area contributed by atoms with Crippen molar-refractivity contribution in [3.8, 4) is 0 Å². The van der Waals surface area contributed by atoms with Crippen LogP contribution in [-0.2, 0) is 6.54 Å². The molecule has 0 radical (unpaired) electrons. The summed E-state index contributed by atoms with van der Waals surface area (Å²) in [4.78, 5) is 20.5. The summed E-state index contributed by atoms with van der Waals surface area (Å²) < 4.78 is 15.2. The molecule has 25 heavy (non-hydrogen) atoms. The van der Waals surface area contributed by atoms with E-state index >= 15 is 0 Å². The minimum atomic E-state index is -0.477. The van der Waals surface area contributed by atoms with Crippen molar-refractivity contribution >= 4 is 5.91 Å². The van der Waals surface area contributed by atoms with E-state index in [1.807, 2.05) is 16.9 Å². The Bertz CT molecular complexity index is 691. The highest BCUT2D eigenvalue weighted by Gasteiger charge is 2.23. The summed E-state index contributed by atoms with van der Waals surface area (Å²) >= 11 is 0. The molecule has 1 fully saturated rings. The van der Waals surface area contributed by atoms with Gasteiger partial charge in [0.1, 0.15) is 5.82 Å². The maximum absolute atomic E-state index is 13.3. The number of hydrogen-bond donors (Lipinski definition) is 0. The maximum Gasteiger partial charge on any atom is 0.255 e. The van der Waals surface area contributed by atoms with Crippen LogP contribution < -0.4 is 0 Å². The molecule has 0 saturated carbocycles. The van der Waals surface area contributed by atoms with Gasteiger partial charge in [0.05, 0.1) is 11.8 Å². The Morgan fingerprint density at radius 3 is 2.92 bits per heavy atom. The highest BCUT2D eigenvalue weighted by atomic mass is 19.1. The molecule has 3 rings (SSSR count). The van der Waals surface area contributed by atoms with E-state index in [1.165, 1.54) is 12.3 Å². The molecule has 6 nitrogen and oxygen atoms in total. The molecule has 3 heterocycles. The predicted molar refractivity (Wildman–Crippen MR) is 92.6 cm³/mol. The molecule has 0 aromatic carbocycles. The summed E-state index contributed by atoms with van der Waals surface area (Å²) in [5.74, 6) is -0.618. The Balaban J connectivity index is 1.53. The number of amides is 1. The lowest BCUT2D eigenvalue weighted by Crippen LogP contribution is -2.38. The number of aryl methyl sites for hydroxylation is 1. The zero-order chi connectivity index (χ0) is 17.6. The van der Waals surface area contributed by atoms with Crippen molar-refractivity contribution in [3.05, 3.63) is 48.3 Å². The lowest BCUT2D eigenvalue weighted by atomic mass is 10.2. The Morgan fingerprint density at radius 2 is 2.16 bits per heavy atom. The summed E-state index contributed by atoms with van der Waals surface area (Å²) in [5, 5.41) is 4.24. The monoisotopic (exact) mass is 345 g/mol. The SMILES string of the molecule is CC(CCn1cccn1)N1CCCN(C(=O)c2cncc(F)c2)CC1. The first-order chi connectivity index (χ1) is 12.1. The summed E-state index contributed by atoms with van der Waals surface area (Å²) in [7, 11) is 0. The molecule has 1 atom stereocenters. The van der Waals surface area contributed by atoms with E-state index < -0.39 is 5.82 Å². The second kappa shape index (κ2) is 8.20. The topological polar surface area (TPSA) is 54.3 Å². The first-order valence-electron chi connectivity index (χ1n) is 8.75. The second-order valence-corrected chi connectivity index (χ2v) is 6.48. The average Bonchev–Trinajstić information content (AvgIpc) is 3.01. The molecular weight excluding hydrogens is 321 g/mol. The van der Waals surface area contributed by atoms with Crippen molar-refractivity contribution in [3.63, 3.8) is 0 Å². The van der Waals surface area contributed by atoms with Crippen LogP contribution in [0.1, 0.15) is 30.1 Å². The van der Waals surface area contributed by atoms with Gasteiger partial charge < -0.3 is 4.90 Å². The molecular formula is C18H24FN5O. The number of hydrogen-bond acceptors (Lipinski definition) is 4. The van der Waals surface area contributed by atoms with Crippen molar-refractivity contribution in [1.82, 2.24) is 24.6 Å². The molecule has 1 aliphatic rings. The fourth-order valence-electron chi connectivity index (χ4n) is 3.23. The summed E-state index contributed by atoms with van der Waals surface area (Å²) in [6.07, 6.45) is 8.25. The van der Waals surface area contributed by atoms with E-state index in [4.69, 9.17) is 0 Å². The van der Waals surface area contributed by atoms with Crippen LogP contribution in [0.4, 0.5) is 4.39 Å².